The van der Waals surface area contributed by atoms with E-state index in [9.17, 15) is 17.6 Å². The second-order valence-corrected chi connectivity index (χ2v) is 10.1. The van der Waals surface area contributed by atoms with E-state index in [2.05, 4.69) is 5.32 Å². The van der Waals surface area contributed by atoms with Crippen LogP contribution in [0, 0.1) is 12.7 Å². The van der Waals surface area contributed by atoms with Crippen LogP contribution >= 0.6 is 0 Å². The summed E-state index contributed by atoms with van der Waals surface area (Å²) in [5, 5.41) is 2.87. The van der Waals surface area contributed by atoms with Crippen LogP contribution in [0.25, 0.3) is 0 Å². The molecule has 0 unspecified atom stereocenters. The van der Waals surface area contributed by atoms with Gasteiger partial charge in [-0.1, -0.05) is 32.0 Å². The minimum Gasteiger partial charge on any atom is -0.493 e. The zero-order valence-electron chi connectivity index (χ0n) is 20.3. The Balaban J connectivity index is 2.02. The van der Waals surface area contributed by atoms with Crippen LogP contribution in [-0.2, 0) is 14.8 Å². The molecule has 0 bridgehead atoms. The van der Waals surface area contributed by atoms with Gasteiger partial charge in [0.05, 0.1) is 24.8 Å². The number of sulfonamides is 1. The van der Waals surface area contributed by atoms with Crippen LogP contribution in [0.2, 0.25) is 0 Å². The predicted octanol–water partition coefficient (Wildman–Crippen LogP) is 5.11. The first-order valence-corrected chi connectivity index (χ1v) is 12.4. The number of methoxy groups -OCH3 is 2. The third-order valence-corrected chi connectivity index (χ3v) is 7.31. The zero-order chi connectivity index (χ0) is 25.8. The summed E-state index contributed by atoms with van der Waals surface area (Å²) in [7, 11) is -1.39. The summed E-state index contributed by atoms with van der Waals surface area (Å²) in [4.78, 5) is 13.1. The number of amides is 1. The van der Waals surface area contributed by atoms with Gasteiger partial charge in [0.2, 0.25) is 5.91 Å². The maximum absolute atomic E-state index is 13.7. The summed E-state index contributed by atoms with van der Waals surface area (Å²) >= 11 is 0. The fourth-order valence-corrected chi connectivity index (χ4v) is 5.12. The number of nitrogens with zero attached hydrogens (tertiary/aromatic N) is 1. The van der Waals surface area contributed by atoms with Gasteiger partial charge in [-0.25, -0.2) is 12.8 Å². The van der Waals surface area contributed by atoms with Gasteiger partial charge in [-0.05, 0) is 60.4 Å². The van der Waals surface area contributed by atoms with E-state index in [1.165, 1.54) is 44.6 Å². The predicted molar refractivity (Wildman–Crippen MR) is 134 cm³/mol. The molecule has 3 aromatic carbocycles. The lowest BCUT2D eigenvalue weighted by atomic mass is 9.98. The van der Waals surface area contributed by atoms with Crippen molar-refractivity contribution in [1.82, 2.24) is 0 Å². The molecular formula is C26H29FN2O5S. The summed E-state index contributed by atoms with van der Waals surface area (Å²) in [6.45, 7) is 5.38. The average molecular weight is 501 g/mol. The van der Waals surface area contributed by atoms with Crippen molar-refractivity contribution in [2.75, 3.05) is 30.4 Å². The van der Waals surface area contributed by atoms with Crippen molar-refractivity contribution in [3.05, 3.63) is 77.6 Å². The Labute approximate surface area is 205 Å². The molecule has 0 aromatic heterocycles. The first-order valence-electron chi connectivity index (χ1n) is 11.0. The largest absolute Gasteiger partial charge is 0.493 e. The number of benzene rings is 3. The number of nitrogens with one attached hydrogen (secondary N) is 1. The Morgan fingerprint density at radius 1 is 1.00 bits per heavy atom. The summed E-state index contributed by atoms with van der Waals surface area (Å²) in [6, 6.07) is 14.8. The fraction of sp³-hybridized carbons (Fsp3) is 0.269. The van der Waals surface area contributed by atoms with E-state index in [1.54, 1.807) is 0 Å². The summed E-state index contributed by atoms with van der Waals surface area (Å²) in [6.07, 6.45) is 0. The Morgan fingerprint density at radius 2 is 1.66 bits per heavy atom. The van der Waals surface area contributed by atoms with E-state index in [0.717, 1.165) is 27.6 Å². The first-order chi connectivity index (χ1) is 16.6. The maximum Gasteiger partial charge on any atom is 0.264 e. The number of hydrogen-bond donors (Lipinski definition) is 1. The van der Waals surface area contributed by atoms with Gasteiger partial charge in [0, 0.05) is 11.8 Å². The maximum atomic E-state index is 13.7. The van der Waals surface area contributed by atoms with Crippen LogP contribution < -0.4 is 19.1 Å². The molecule has 0 saturated heterocycles. The van der Waals surface area contributed by atoms with E-state index in [1.807, 2.05) is 39.0 Å². The number of para-hydroxylation sites is 1. The molecule has 9 heteroatoms. The van der Waals surface area contributed by atoms with Crippen LogP contribution in [-0.4, -0.2) is 35.1 Å². The molecular weight excluding hydrogens is 471 g/mol. The Hall–Kier alpha value is -3.59. The standard InChI is InChI=1S/C26H29FN2O5S/c1-17(2)22-8-6-7-18(3)26(22)28-25(30)16-29(20-11-9-19(27)10-12-20)35(31,32)21-13-14-23(33-4)24(15-21)34-5/h6-15,17H,16H2,1-5H3,(H,28,30). The molecule has 0 aliphatic heterocycles. The number of ether oxygens (including phenoxy) is 2. The summed E-state index contributed by atoms with van der Waals surface area (Å²) in [5.74, 6) is -0.330. The number of halogens is 1. The van der Waals surface area contributed by atoms with E-state index in [-0.39, 0.29) is 22.3 Å². The lowest BCUT2D eigenvalue weighted by molar-refractivity contribution is -0.114. The topological polar surface area (TPSA) is 84.9 Å². The number of carbonyl (C=O) groups excluding carboxylic acids is 1. The monoisotopic (exact) mass is 500 g/mol. The van der Waals surface area contributed by atoms with Crippen molar-refractivity contribution < 1.29 is 27.1 Å². The highest BCUT2D eigenvalue weighted by atomic mass is 32.2. The number of aryl methyl sites for hydroxylation is 1. The van der Waals surface area contributed by atoms with E-state index in [0.29, 0.717) is 11.4 Å². The number of hydrogen-bond acceptors (Lipinski definition) is 5. The van der Waals surface area contributed by atoms with Crippen molar-refractivity contribution in [3.63, 3.8) is 0 Å². The van der Waals surface area contributed by atoms with Gasteiger partial charge in [0.1, 0.15) is 12.4 Å². The molecule has 1 N–H and O–H groups in total. The van der Waals surface area contributed by atoms with Gasteiger partial charge in [-0.2, -0.15) is 0 Å². The summed E-state index contributed by atoms with van der Waals surface area (Å²) in [5.41, 5.74) is 2.59. The molecule has 0 radical (unpaired) electrons. The Morgan fingerprint density at radius 3 is 2.26 bits per heavy atom. The summed E-state index contributed by atoms with van der Waals surface area (Å²) < 4.78 is 52.3. The average Bonchev–Trinajstić information content (AvgIpc) is 2.83. The molecule has 186 valence electrons. The molecule has 35 heavy (non-hydrogen) atoms. The molecule has 0 aliphatic rings. The van der Waals surface area contributed by atoms with Crippen LogP contribution in [0.4, 0.5) is 15.8 Å². The zero-order valence-corrected chi connectivity index (χ0v) is 21.1. The molecule has 0 spiro atoms. The third-order valence-electron chi connectivity index (χ3n) is 5.54. The van der Waals surface area contributed by atoms with Crippen molar-refractivity contribution in [1.29, 1.82) is 0 Å². The fourth-order valence-electron chi connectivity index (χ4n) is 3.68. The van der Waals surface area contributed by atoms with Crippen LogP contribution in [0.3, 0.4) is 0 Å². The third kappa shape index (κ3) is 5.74. The highest BCUT2D eigenvalue weighted by molar-refractivity contribution is 7.92. The normalized spacial score (nSPS) is 11.3. The second-order valence-electron chi connectivity index (χ2n) is 8.25. The smallest absolute Gasteiger partial charge is 0.264 e. The van der Waals surface area contributed by atoms with Gasteiger partial charge in [-0.3, -0.25) is 9.10 Å². The van der Waals surface area contributed by atoms with Crippen LogP contribution in [0.5, 0.6) is 11.5 Å². The van der Waals surface area contributed by atoms with Crippen molar-refractivity contribution in [3.8, 4) is 11.5 Å². The molecule has 0 aliphatic carbocycles. The van der Waals surface area contributed by atoms with Gasteiger partial charge < -0.3 is 14.8 Å². The van der Waals surface area contributed by atoms with E-state index in [4.69, 9.17) is 9.47 Å². The SMILES string of the molecule is COc1ccc(S(=O)(=O)N(CC(=O)Nc2c(C)cccc2C(C)C)c2ccc(F)cc2)cc1OC. The minimum absolute atomic E-state index is 0.106. The number of carbonyl (C=O) groups is 1. The van der Waals surface area contributed by atoms with E-state index < -0.39 is 28.3 Å². The lowest BCUT2D eigenvalue weighted by Crippen LogP contribution is -2.38. The van der Waals surface area contributed by atoms with Crippen molar-refractivity contribution >= 4 is 27.3 Å². The molecule has 0 atom stereocenters. The molecule has 0 saturated carbocycles. The van der Waals surface area contributed by atoms with Crippen molar-refractivity contribution in [2.45, 2.75) is 31.6 Å². The Kier molecular flexibility index (Phi) is 8.01. The number of rotatable bonds is 9. The van der Waals surface area contributed by atoms with Gasteiger partial charge >= 0.3 is 0 Å². The molecule has 7 nitrogen and oxygen atoms in total. The van der Waals surface area contributed by atoms with Gasteiger partial charge in [0.15, 0.2) is 11.5 Å². The molecule has 3 aromatic rings. The quantitative estimate of drug-likeness (QED) is 0.441. The van der Waals surface area contributed by atoms with Crippen LogP contribution in [0.1, 0.15) is 30.9 Å². The molecule has 0 fully saturated rings. The molecule has 0 heterocycles. The second kappa shape index (κ2) is 10.8. The minimum atomic E-state index is -4.23. The van der Waals surface area contributed by atoms with Gasteiger partial charge in [-0.15, -0.1) is 0 Å². The van der Waals surface area contributed by atoms with Crippen molar-refractivity contribution in [2.24, 2.45) is 0 Å². The molecule has 1 amide bonds. The highest BCUT2D eigenvalue weighted by Gasteiger charge is 2.29. The number of anilines is 2. The van der Waals surface area contributed by atoms with E-state index >= 15 is 0 Å². The highest BCUT2D eigenvalue weighted by Crippen LogP contribution is 2.33. The lowest BCUT2D eigenvalue weighted by Gasteiger charge is -2.25. The van der Waals surface area contributed by atoms with Crippen LogP contribution in [0.15, 0.2) is 65.6 Å². The molecule has 3 rings (SSSR count). The van der Waals surface area contributed by atoms with Gasteiger partial charge in [0.25, 0.3) is 10.0 Å². The first kappa shape index (κ1) is 26.0. The Bertz CT molecular complexity index is 1310.